The van der Waals surface area contributed by atoms with Gasteiger partial charge < -0.3 is 14.2 Å². The molecule has 0 aromatic carbocycles. The van der Waals surface area contributed by atoms with E-state index in [-0.39, 0.29) is 31.6 Å². The Morgan fingerprint density at radius 2 is 0.526 bits per heavy atom. The fourth-order valence-corrected chi connectivity index (χ4v) is 9.34. The van der Waals surface area contributed by atoms with Gasteiger partial charge in [-0.2, -0.15) is 0 Å². The molecule has 0 aliphatic carbocycles. The van der Waals surface area contributed by atoms with E-state index in [2.05, 4.69) is 112 Å². The van der Waals surface area contributed by atoms with E-state index in [1.54, 1.807) is 0 Å². The molecule has 0 aliphatic heterocycles. The lowest BCUT2D eigenvalue weighted by Crippen LogP contribution is -2.30. The van der Waals surface area contributed by atoms with E-state index in [9.17, 15) is 14.4 Å². The van der Waals surface area contributed by atoms with E-state index in [1.807, 2.05) is 6.08 Å². The van der Waals surface area contributed by atoms with Crippen molar-refractivity contribution in [2.24, 2.45) is 0 Å². The molecule has 0 fully saturated rings. The summed E-state index contributed by atoms with van der Waals surface area (Å²) in [6.07, 6.45) is 88.6. The van der Waals surface area contributed by atoms with Gasteiger partial charge in [0.25, 0.3) is 0 Å². The van der Waals surface area contributed by atoms with Crippen LogP contribution < -0.4 is 0 Å². The second-order valence-electron chi connectivity index (χ2n) is 22.0. The highest BCUT2D eigenvalue weighted by molar-refractivity contribution is 5.71. The Morgan fingerprint density at radius 1 is 0.269 bits per heavy atom. The number of rotatable bonds is 60. The lowest BCUT2D eigenvalue weighted by Gasteiger charge is -2.18. The molecular formula is C72H124O6. The molecule has 0 saturated heterocycles. The van der Waals surface area contributed by atoms with Crippen molar-refractivity contribution in [3.8, 4) is 0 Å². The van der Waals surface area contributed by atoms with Crippen molar-refractivity contribution < 1.29 is 28.6 Å². The smallest absolute Gasteiger partial charge is 0.306 e. The molecule has 0 rings (SSSR count). The summed E-state index contributed by atoms with van der Waals surface area (Å²) in [5.74, 6) is -0.992. The lowest BCUT2D eigenvalue weighted by molar-refractivity contribution is -0.166. The largest absolute Gasteiger partial charge is 0.462 e. The van der Waals surface area contributed by atoms with Crippen LogP contribution in [-0.4, -0.2) is 37.2 Å². The van der Waals surface area contributed by atoms with Gasteiger partial charge in [0, 0.05) is 19.3 Å². The maximum atomic E-state index is 12.9. The van der Waals surface area contributed by atoms with E-state index >= 15 is 0 Å². The number of ether oxygens (including phenoxy) is 3. The minimum Gasteiger partial charge on any atom is -0.462 e. The molecule has 1 atom stereocenters. The number of unbranched alkanes of at least 4 members (excludes halogenated alkanes) is 33. The number of carbonyl (C=O) groups is 3. The summed E-state index contributed by atoms with van der Waals surface area (Å²) in [5.41, 5.74) is 0. The molecule has 0 saturated carbocycles. The van der Waals surface area contributed by atoms with Gasteiger partial charge >= 0.3 is 17.9 Å². The van der Waals surface area contributed by atoms with Crippen LogP contribution in [0.4, 0.5) is 0 Å². The average molecular weight is 1090 g/mol. The van der Waals surface area contributed by atoms with Gasteiger partial charge in [-0.3, -0.25) is 14.4 Å². The van der Waals surface area contributed by atoms with Gasteiger partial charge in [0.15, 0.2) is 6.10 Å². The van der Waals surface area contributed by atoms with Crippen LogP contribution in [0, 0.1) is 0 Å². The number of hydrogen-bond donors (Lipinski definition) is 0. The fraction of sp³-hybridized carbons (Fsp3) is 0.736. The predicted octanol–water partition coefficient (Wildman–Crippen LogP) is 22.8. The average Bonchev–Trinajstić information content (AvgIpc) is 3.44. The summed E-state index contributed by atoms with van der Waals surface area (Å²) >= 11 is 0. The van der Waals surface area contributed by atoms with Crippen LogP contribution in [0.25, 0.3) is 0 Å². The van der Waals surface area contributed by atoms with Crippen molar-refractivity contribution in [3.63, 3.8) is 0 Å². The zero-order valence-corrected chi connectivity index (χ0v) is 51.4. The molecule has 78 heavy (non-hydrogen) atoms. The first-order valence-electron chi connectivity index (χ1n) is 33.2. The van der Waals surface area contributed by atoms with Crippen LogP contribution in [0.2, 0.25) is 0 Å². The Kier molecular flexibility index (Phi) is 62.7. The zero-order valence-electron chi connectivity index (χ0n) is 51.4. The third-order valence-corrected chi connectivity index (χ3v) is 14.3. The molecular weight excluding hydrogens is 961 g/mol. The molecule has 0 radical (unpaired) electrons. The number of allylic oxidation sites excluding steroid dienone is 16. The first kappa shape index (κ1) is 74.3. The molecule has 0 heterocycles. The quantitative estimate of drug-likeness (QED) is 0.0261. The van der Waals surface area contributed by atoms with E-state index in [0.717, 1.165) is 89.9 Å². The second kappa shape index (κ2) is 65.8. The lowest BCUT2D eigenvalue weighted by atomic mass is 10.0. The summed E-state index contributed by atoms with van der Waals surface area (Å²) in [6.45, 7) is 6.49. The molecule has 6 heteroatoms. The summed E-state index contributed by atoms with van der Waals surface area (Å²) in [7, 11) is 0. The van der Waals surface area contributed by atoms with Crippen molar-refractivity contribution >= 4 is 17.9 Å². The van der Waals surface area contributed by atoms with E-state index in [1.165, 1.54) is 186 Å². The molecule has 6 nitrogen and oxygen atoms in total. The minimum atomic E-state index is -0.823. The summed E-state index contributed by atoms with van der Waals surface area (Å²) in [4.78, 5) is 38.3. The molecule has 0 aromatic rings. The predicted molar refractivity (Wildman–Crippen MR) is 339 cm³/mol. The highest BCUT2D eigenvalue weighted by Gasteiger charge is 2.19. The SMILES string of the molecule is CC/C=C\C/C=C\C/C=C\C/C=C\C/C=C\C/C=C\CCC(=O)OC(COC(=O)CCCCCCC/C=C\CCCCCCCCC)COC(=O)CCCCCCCCCCCCCCC/C=C\CCCCCCCCCC. The van der Waals surface area contributed by atoms with Crippen LogP contribution >= 0.6 is 0 Å². The Hall–Kier alpha value is -3.67. The van der Waals surface area contributed by atoms with Crippen molar-refractivity contribution in [1.82, 2.24) is 0 Å². The molecule has 0 aliphatic rings. The second-order valence-corrected chi connectivity index (χ2v) is 22.0. The van der Waals surface area contributed by atoms with Gasteiger partial charge in [0.05, 0.1) is 0 Å². The van der Waals surface area contributed by atoms with Gasteiger partial charge in [0.1, 0.15) is 13.2 Å². The van der Waals surface area contributed by atoms with Crippen molar-refractivity contribution in [3.05, 3.63) is 97.2 Å². The van der Waals surface area contributed by atoms with Crippen LogP contribution in [0.3, 0.4) is 0 Å². The first-order valence-corrected chi connectivity index (χ1v) is 33.2. The van der Waals surface area contributed by atoms with Crippen LogP contribution in [-0.2, 0) is 28.6 Å². The third-order valence-electron chi connectivity index (χ3n) is 14.3. The highest BCUT2D eigenvalue weighted by Crippen LogP contribution is 2.16. The maximum absolute atomic E-state index is 12.9. The number of esters is 3. The van der Waals surface area contributed by atoms with Crippen molar-refractivity contribution in [2.75, 3.05) is 13.2 Å². The normalized spacial score (nSPS) is 12.7. The van der Waals surface area contributed by atoms with Crippen LogP contribution in [0.5, 0.6) is 0 Å². The zero-order chi connectivity index (χ0) is 56.4. The Morgan fingerprint density at radius 3 is 0.833 bits per heavy atom. The first-order chi connectivity index (χ1) is 38.5. The van der Waals surface area contributed by atoms with Crippen LogP contribution in [0.1, 0.15) is 323 Å². The Labute approximate surface area is 483 Å². The van der Waals surface area contributed by atoms with Gasteiger partial charge in [-0.15, -0.1) is 0 Å². The topological polar surface area (TPSA) is 78.9 Å². The van der Waals surface area contributed by atoms with E-state index in [4.69, 9.17) is 14.2 Å². The summed E-state index contributed by atoms with van der Waals surface area (Å²) in [6, 6.07) is 0. The van der Waals surface area contributed by atoms with Crippen LogP contribution in [0.15, 0.2) is 97.2 Å². The Balaban J connectivity index is 4.41. The Bertz CT molecular complexity index is 1530. The molecule has 0 amide bonds. The molecule has 0 N–H and O–H groups in total. The van der Waals surface area contributed by atoms with Crippen molar-refractivity contribution in [1.29, 1.82) is 0 Å². The van der Waals surface area contributed by atoms with Gasteiger partial charge in [-0.05, 0) is 109 Å². The monoisotopic (exact) mass is 1080 g/mol. The molecule has 0 bridgehead atoms. The number of carbonyl (C=O) groups excluding carboxylic acids is 3. The fourth-order valence-electron chi connectivity index (χ4n) is 9.34. The summed E-state index contributed by atoms with van der Waals surface area (Å²) < 4.78 is 16.9. The van der Waals surface area contributed by atoms with E-state index < -0.39 is 12.1 Å². The maximum Gasteiger partial charge on any atom is 0.306 e. The number of hydrogen-bond acceptors (Lipinski definition) is 6. The third kappa shape index (κ3) is 63.2. The molecule has 0 spiro atoms. The highest BCUT2D eigenvalue weighted by atomic mass is 16.6. The standard InChI is InChI=1S/C72H124O6/c1-4-7-10-13-16-19-22-25-28-31-33-34-35-36-37-38-40-41-44-47-50-53-56-59-62-65-71(74)77-68-69(67-76-70(73)64-61-58-55-52-49-46-43-30-27-24-21-18-15-12-9-6-3)78-72(75)66-63-60-57-54-51-48-45-42-39-32-29-26-23-20-17-14-11-8-5-2/h8,11,17,20,26,29-31,33,39,42-43,48,51,57,60,69H,4-7,9-10,12-16,18-19,21-25,27-28,32,34-38,40-41,44-47,49-50,52-56,58-59,61-68H2,1-3H3/b11-8-,20-17-,29-26-,33-31-,42-39-,43-30-,51-48-,60-57-. The van der Waals surface area contributed by atoms with Gasteiger partial charge in [-0.1, -0.05) is 291 Å². The van der Waals surface area contributed by atoms with Crippen molar-refractivity contribution in [2.45, 2.75) is 329 Å². The van der Waals surface area contributed by atoms with Gasteiger partial charge in [-0.25, -0.2) is 0 Å². The molecule has 0 aromatic heterocycles. The molecule has 1 unspecified atom stereocenters. The molecule has 448 valence electrons. The van der Waals surface area contributed by atoms with Gasteiger partial charge in [0.2, 0.25) is 0 Å². The van der Waals surface area contributed by atoms with E-state index in [0.29, 0.717) is 19.3 Å². The minimum absolute atomic E-state index is 0.109. The summed E-state index contributed by atoms with van der Waals surface area (Å²) in [5, 5.41) is 0.